The number of hydrogen-bond acceptors (Lipinski definition) is 2. The van der Waals surface area contributed by atoms with Gasteiger partial charge in [-0.2, -0.15) is 0 Å². The largest absolute Gasteiger partial charge is 0.487 e. The second kappa shape index (κ2) is 9.38. The highest BCUT2D eigenvalue weighted by Crippen LogP contribution is 2.34. The number of rotatable bonds is 7. The molecule has 0 saturated heterocycles. The smallest absolute Gasteiger partial charge is 0.139 e. The number of anilines is 1. The molecule has 2 nitrogen and oxygen atoms in total. The van der Waals surface area contributed by atoms with E-state index >= 15 is 0 Å². The summed E-state index contributed by atoms with van der Waals surface area (Å²) in [6.07, 6.45) is 0.972. The third-order valence-electron chi connectivity index (χ3n) is 4.25. The highest BCUT2D eigenvalue weighted by molar-refractivity contribution is 9.11. The van der Waals surface area contributed by atoms with Gasteiger partial charge in [-0.1, -0.05) is 53.2 Å². The number of aryl methyl sites for hydroxylation is 1. The van der Waals surface area contributed by atoms with Crippen molar-refractivity contribution in [1.29, 1.82) is 0 Å². The Bertz CT molecular complexity index is 913. The third kappa shape index (κ3) is 5.33. The van der Waals surface area contributed by atoms with Crippen LogP contribution >= 0.6 is 31.9 Å². The Morgan fingerprint density at radius 1 is 0.963 bits per heavy atom. The lowest BCUT2D eigenvalue weighted by atomic mass is 10.1. The lowest BCUT2D eigenvalue weighted by Crippen LogP contribution is -2.06. The van der Waals surface area contributed by atoms with Crippen molar-refractivity contribution in [2.24, 2.45) is 0 Å². The molecule has 0 spiro atoms. The molecular weight excluding hydrogens is 473 g/mol. The average Bonchev–Trinajstić information content (AvgIpc) is 2.67. The fraction of sp³-hybridized carbons (Fsp3) is 0.182. The maximum Gasteiger partial charge on any atom is 0.139 e. The van der Waals surface area contributed by atoms with Crippen molar-refractivity contribution in [1.82, 2.24) is 0 Å². The van der Waals surface area contributed by atoms with Gasteiger partial charge < -0.3 is 10.1 Å². The van der Waals surface area contributed by atoms with Crippen molar-refractivity contribution < 1.29 is 9.13 Å². The van der Waals surface area contributed by atoms with Crippen molar-refractivity contribution >= 4 is 37.5 Å². The van der Waals surface area contributed by atoms with Gasteiger partial charge in [0.25, 0.3) is 0 Å². The van der Waals surface area contributed by atoms with Gasteiger partial charge in [-0.05, 0) is 63.8 Å². The molecule has 27 heavy (non-hydrogen) atoms. The number of hydrogen-bond donors (Lipinski definition) is 1. The topological polar surface area (TPSA) is 21.3 Å². The van der Waals surface area contributed by atoms with Gasteiger partial charge in [0.2, 0.25) is 0 Å². The summed E-state index contributed by atoms with van der Waals surface area (Å²) in [4.78, 5) is 0. The van der Waals surface area contributed by atoms with Crippen LogP contribution in [0.3, 0.4) is 0 Å². The molecule has 0 aliphatic rings. The molecule has 0 saturated carbocycles. The van der Waals surface area contributed by atoms with Crippen LogP contribution < -0.4 is 10.1 Å². The summed E-state index contributed by atoms with van der Waals surface area (Å²) in [6, 6.07) is 18.7. The number of ether oxygens (including phenoxy) is 1. The van der Waals surface area contributed by atoms with E-state index in [1.54, 1.807) is 12.1 Å². The average molecular weight is 493 g/mol. The van der Waals surface area contributed by atoms with E-state index in [9.17, 15) is 4.39 Å². The van der Waals surface area contributed by atoms with E-state index < -0.39 is 0 Å². The van der Waals surface area contributed by atoms with Gasteiger partial charge in [-0.25, -0.2) is 4.39 Å². The minimum atomic E-state index is -0.247. The summed E-state index contributed by atoms with van der Waals surface area (Å²) < 4.78 is 21.0. The van der Waals surface area contributed by atoms with Crippen LogP contribution in [0.25, 0.3) is 0 Å². The molecule has 3 rings (SSSR count). The van der Waals surface area contributed by atoms with Crippen LogP contribution in [0, 0.1) is 5.82 Å². The first-order valence-corrected chi connectivity index (χ1v) is 10.3. The van der Waals surface area contributed by atoms with Gasteiger partial charge in [-0.3, -0.25) is 0 Å². The molecule has 0 unspecified atom stereocenters. The summed E-state index contributed by atoms with van der Waals surface area (Å²) in [6.45, 7) is 3.15. The van der Waals surface area contributed by atoms with Crippen LogP contribution in [0.15, 0.2) is 69.6 Å². The zero-order valence-electron chi connectivity index (χ0n) is 14.9. The SMILES string of the molecule is CCc1ccccc1NCc1cc(Br)cc(Br)c1OCc1ccc(F)cc1. The van der Waals surface area contributed by atoms with Gasteiger partial charge >= 0.3 is 0 Å². The Balaban J connectivity index is 1.78. The zero-order valence-corrected chi connectivity index (χ0v) is 18.1. The van der Waals surface area contributed by atoms with Gasteiger partial charge in [0.05, 0.1) is 4.47 Å². The Hall–Kier alpha value is -1.85. The molecule has 3 aromatic carbocycles. The first-order chi connectivity index (χ1) is 13.1. The molecule has 0 amide bonds. The molecule has 0 bridgehead atoms. The van der Waals surface area contributed by atoms with Crippen molar-refractivity contribution in [3.8, 4) is 5.75 Å². The maximum absolute atomic E-state index is 13.1. The van der Waals surface area contributed by atoms with E-state index in [4.69, 9.17) is 4.74 Å². The van der Waals surface area contributed by atoms with Crippen LogP contribution in [0.1, 0.15) is 23.6 Å². The van der Waals surface area contributed by atoms with Crippen LogP contribution in [0.4, 0.5) is 10.1 Å². The predicted octanol–water partition coefficient (Wildman–Crippen LogP) is 7.10. The Labute approximate surface area is 176 Å². The summed E-state index contributed by atoms with van der Waals surface area (Å²) in [5.41, 5.74) is 4.35. The van der Waals surface area contributed by atoms with Crippen molar-refractivity contribution in [2.75, 3.05) is 5.32 Å². The fourth-order valence-corrected chi connectivity index (χ4v) is 4.26. The molecule has 3 aromatic rings. The first kappa shape index (κ1) is 19.9. The summed E-state index contributed by atoms with van der Waals surface area (Å²) in [5.74, 6) is 0.534. The molecule has 140 valence electrons. The van der Waals surface area contributed by atoms with E-state index in [1.165, 1.54) is 17.7 Å². The Morgan fingerprint density at radius 3 is 2.44 bits per heavy atom. The summed E-state index contributed by atoms with van der Waals surface area (Å²) >= 11 is 7.15. The maximum atomic E-state index is 13.1. The molecule has 0 fully saturated rings. The summed E-state index contributed by atoms with van der Waals surface area (Å²) in [5, 5.41) is 3.51. The first-order valence-electron chi connectivity index (χ1n) is 8.73. The van der Waals surface area contributed by atoms with Crippen LogP contribution in [-0.4, -0.2) is 0 Å². The molecule has 0 aliphatic carbocycles. The lowest BCUT2D eigenvalue weighted by molar-refractivity contribution is 0.301. The summed E-state index contributed by atoms with van der Waals surface area (Å²) in [7, 11) is 0. The van der Waals surface area contributed by atoms with E-state index in [0.29, 0.717) is 13.2 Å². The van der Waals surface area contributed by atoms with E-state index in [2.05, 4.69) is 62.3 Å². The third-order valence-corrected chi connectivity index (χ3v) is 5.30. The van der Waals surface area contributed by atoms with Gasteiger partial charge in [0.1, 0.15) is 18.2 Å². The van der Waals surface area contributed by atoms with Gasteiger partial charge in [0.15, 0.2) is 0 Å². The van der Waals surface area contributed by atoms with Gasteiger partial charge in [0, 0.05) is 22.3 Å². The Morgan fingerprint density at radius 2 is 1.70 bits per heavy atom. The normalized spacial score (nSPS) is 10.7. The number of nitrogens with one attached hydrogen (secondary N) is 1. The van der Waals surface area contributed by atoms with Crippen molar-refractivity contribution in [3.63, 3.8) is 0 Å². The molecule has 1 N–H and O–H groups in total. The lowest BCUT2D eigenvalue weighted by Gasteiger charge is -2.16. The second-order valence-electron chi connectivity index (χ2n) is 6.16. The van der Waals surface area contributed by atoms with Crippen LogP contribution in [-0.2, 0) is 19.6 Å². The quantitative estimate of drug-likeness (QED) is 0.379. The molecule has 5 heteroatoms. The number of para-hydroxylation sites is 1. The van der Waals surface area contributed by atoms with E-state index in [0.717, 1.165) is 37.9 Å². The zero-order chi connectivity index (χ0) is 19.2. The van der Waals surface area contributed by atoms with Gasteiger partial charge in [-0.15, -0.1) is 0 Å². The molecule has 0 aromatic heterocycles. The minimum absolute atomic E-state index is 0.247. The number of benzene rings is 3. The monoisotopic (exact) mass is 491 g/mol. The standard InChI is InChI=1S/C22H20Br2FNO/c1-2-16-5-3-4-6-21(16)26-13-17-11-18(23)12-20(24)22(17)27-14-15-7-9-19(25)10-8-15/h3-12,26H,2,13-14H2,1H3. The van der Waals surface area contributed by atoms with E-state index in [1.807, 2.05) is 18.2 Å². The predicted molar refractivity (Wildman–Crippen MR) is 116 cm³/mol. The molecule has 0 heterocycles. The minimum Gasteiger partial charge on any atom is -0.487 e. The molecule has 0 aliphatic heterocycles. The van der Waals surface area contributed by atoms with Crippen molar-refractivity contribution in [2.45, 2.75) is 26.5 Å². The number of halogens is 3. The van der Waals surface area contributed by atoms with Crippen LogP contribution in [0.2, 0.25) is 0 Å². The second-order valence-corrected chi connectivity index (χ2v) is 7.93. The highest BCUT2D eigenvalue weighted by atomic mass is 79.9. The van der Waals surface area contributed by atoms with E-state index in [-0.39, 0.29) is 5.82 Å². The van der Waals surface area contributed by atoms with Crippen molar-refractivity contribution in [3.05, 3.63) is 92.1 Å². The highest BCUT2D eigenvalue weighted by Gasteiger charge is 2.11. The Kier molecular flexibility index (Phi) is 6.91. The molecular formula is C22H20Br2FNO. The molecule has 0 atom stereocenters. The molecule has 0 radical (unpaired) electrons. The van der Waals surface area contributed by atoms with Crippen LogP contribution in [0.5, 0.6) is 5.75 Å². The fourth-order valence-electron chi connectivity index (χ4n) is 2.83.